The first-order valence-electron chi connectivity index (χ1n) is 8.86. The molecule has 0 aromatic heterocycles. The third-order valence-corrected chi connectivity index (χ3v) is 5.98. The van der Waals surface area contributed by atoms with Gasteiger partial charge in [0.05, 0.1) is 16.4 Å². The van der Waals surface area contributed by atoms with Gasteiger partial charge in [0.25, 0.3) is 5.69 Å². The van der Waals surface area contributed by atoms with Crippen molar-refractivity contribution in [3.63, 3.8) is 0 Å². The molecule has 0 atom stereocenters. The topological polar surface area (TPSA) is 134 Å². The average molecular weight is 419 g/mol. The number of nitrogens with zero attached hydrogens (tertiary/aromatic N) is 2. The summed E-state index contributed by atoms with van der Waals surface area (Å²) in [5.41, 5.74) is 1.71. The highest BCUT2D eigenvalue weighted by atomic mass is 32.2. The van der Waals surface area contributed by atoms with E-state index in [-0.39, 0.29) is 22.2 Å². The van der Waals surface area contributed by atoms with Gasteiger partial charge in [-0.25, -0.2) is 13.1 Å². The molecule has 1 saturated heterocycles. The Morgan fingerprint density at radius 1 is 1.21 bits per heavy atom. The van der Waals surface area contributed by atoms with Crippen LogP contribution in [0.1, 0.15) is 5.56 Å². The van der Waals surface area contributed by atoms with Crippen molar-refractivity contribution in [1.29, 1.82) is 0 Å². The van der Waals surface area contributed by atoms with E-state index >= 15 is 0 Å². The van der Waals surface area contributed by atoms with Gasteiger partial charge < -0.3 is 15.5 Å². The van der Waals surface area contributed by atoms with Crippen molar-refractivity contribution in [3.05, 3.63) is 58.1 Å². The minimum Gasteiger partial charge on any atom is -0.375 e. The van der Waals surface area contributed by atoms with E-state index in [1.54, 1.807) is 0 Å². The highest BCUT2D eigenvalue weighted by Crippen LogP contribution is 2.28. The Morgan fingerprint density at radius 3 is 2.55 bits per heavy atom. The number of carbonyl (C=O) groups is 1. The van der Waals surface area contributed by atoms with Gasteiger partial charge in [-0.05, 0) is 36.9 Å². The molecular weight excluding hydrogens is 398 g/mol. The smallest absolute Gasteiger partial charge is 0.293 e. The van der Waals surface area contributed by atoms with Crippen molar-refractivity contribution in [2.24, 2.45) is 0 Å². The number of carbonyl (C=O) groups excluding carboxylic acids is 1. The normalized spacial score (nSPS) is 14.4. The number of nitrogens with one attached hydrogen (secondary N) is 3. The van der Waals surface area contributed by atoms with Crippen LogP contribution < -0.4 is 20.3 Å². The van der Waals surface area contributed by atoms with Gasteiger partial charge in [0.2, 0.25) is 15.9 Å². The van der Waals surface area contributed by atoms with E-state index in [1.807, 2.05) is 29.2 Å². The standard InChI is InChI=1S/C18H21N5O5S/c1-19-29(27,28)15-6-7-16(17(10-15)23(25)26)21-11-13-2-4-14(5-3-13)22-9-8-20-18(24)12-22/h2-7,10,19,21H,8-9,11-12H2,1H3,(H,20,24). The van der Waals surface area contributed by atoms with Crippen LogP contribution in [-0.2, 0) is 21.4 Å². The largest absolute Gasteiger partial charge is 0.375 e. The molecule has 154 valence electrons. The molecule has 0 bridgehead atoms. The second kappa shape index (κ2) is 8.45. The predicted octanol–water partition coefficient (Wildman–Crippen LogP) is 1.05. The van der Waals surface area contributed by atoms with Gasteiger partial charge in [-0.3, -0.25) is 14.9 Å². The Labute approximate surface area is 168 Å². The predicted molar refractivity (Wildman–Crippen MR) is 108 cm³/mol. The van der Waals surface area contributed by atoms with Crippen molar-refractivity contribution in [2.75, 3.05) is 36.9 Å². The first kappa shape index (κ1) is 20.6. The minimum atomic E-state index is -3.77. The van der Waals surface area contributed by atoms with Crippen LogP contribution in [0.15, 0.2) is 47.4 Å². The van der Waals surface area contributed by atoms with E-state index in [2.05, 4.69) is 15.4 Å². The lowest BCUT2D eigenvalue weighted by molar-refractivity contribution is -0.384. The highest BCUT2D eigenvalue weighted by Gasteiger charge is 2.20. The van der Waals surface area contributed by atoms with E-state index in [0.29, 0.717) is 19.6 Å². The fourth-order valence-electron chi connectivity index (χ4n) is 2.98. The number of benzene rings is 2. The molecule has 0 aliphatic carbocycles. The summed E-state index contributed by atoms with van der Waals surface area (Å²) in [6.07, 6.45) is 0. The second-order valence-electron chi connectivity index (χ2n) is 6.44. The molecule has 1 amide bonds. The Balaban J connectivity index is 1.72. The molecule has 3 N–H and O–H groups in total. The van der Waals surface area contributed by atoms with E-state index in [0.717, 1.165) is 23.9 Å². The molecule has 11 heteroatoms. The Morgan fingerprint density at radius 2 is 1.93 bits per heavy atom. The van der Waals surface area contributed by atoms with Gasteiger partial charge in [-0.2, -0.15) is 0 Å². The lowest BCUT2D eigenvalue weighted by Gasteiger charge is -2.28. The maximum atomic E-state index is 11.9. The number of rotatable bonds is 7. The van der Waals surface area contributed by atoms with E-state index in [9.17, 15) is 23.3 Å². The summed E-state index contributed by atoms with van der Waals surface area (Å²) in [7, 11) is -2.53. The zero-order valence-electron chi connectivity index (χ0n) is 15.7. The lowest BCUT2D eigenvalue weighted by Crippen LogP contribution is -2.47. The van der Waals surface area contributed by atoms with Gasteiger partial charge in [0.1, 0.15) is 5.69 Å². The molecule has 1 aliphatic rings. The molecular formula is C18H21N5O5S. The number of amides is 1. The summed E-state index contributed by atoms with van der Waals surface area (Å²) in [5, 5.41) is 17.1. The fourth-order valence-corrected chi connectivity index (χ4v) is 3.73. The number of anilines is 2. The third-order valence-electron chi connectivity index (χ3n) is 4.57. The van der Waals surface area contributed by atoms with Crippen LogP contribution in [0.2, 0.25) is 0 Å². The van der Waals surface area contributed by atoms with Gasteiger partial charge >= 0.3 is 0 Å². The second-order valence-corrected chi connectivity index (χ2v) is 8.32. The molecule has 2 aromatic rings. The van der Waals surface area contributed by atoms with Crippen LogP contribution in [0.4, 0.5) is 17.1 Å². The van der Waals surface area contributed by atoms with Crippen molar-refractivity contribution < 1.29 is 18.1 Å². The zero-order valence-corrected chi connectivity index (χ0v) is 16.5. The average Bonchev–Trinajstić information content (AvgIpc) is 2.72. The maximum Gasteiger partial charge on any atom is 0.293 e. The first-order valence-corrected chi connectivity index (χ1v) is 10.3. The molecule has 1 heterocycles. The lowest BCUT2D eigenvalue weighted by atomic mass is 10.1. The van der Waals surface area contributed by atoms with Crippen LogP contribution in [-0.4, -0.2) is 45.9 Å². The Kier molecular flexibility index (Phi) is 5.99. The van der Waals surface area contributed by atoms with Gasteiger partial charge in [0, 0.05) is 31.4 Å². The van der Waals surface area contributed by atoms with Crippen molar-refractivity contribution in [1.82, 2.24) is 10.0 Å². The molecule has 0 unspecified atom stereocenters. The summed E-state index contributed by atoms with van der Waals surface area (Å²) in [4.78, 5) is 24.0. The van der Waals surface area contributed by atoms with Crippen molar-refractivity contribution >= 4 is 33.0 Å². The summed E-state index contributed by atoms with van der Waals surface area (Å²) < 4.78 is 25.9. The van der Waals surface area contributed by atoms with Gasteiger partial charge in [0.15, 0.2) is 0 Å². The number of piperazine rings is 1. The van der Waals surface area contributed by atoms with Crippen LogP contribution in [0.5, 0.6) is 0 Å². The number of nitro benzene ring substituents is 1. The van der Waals surface area contributed by atoms with Crippen LogP contribution in [0, 0.1) is 10.1 Å². The Bertz CT molecular complexity index is 1020. The van der Waals surface area contributed by atoms with Crippen LogP contribution in [0.3, 0.4) is 0 Å². The molecule has 1 aliphatic heterocycles. The number of hydrogen-bond donors (Lipinski definition) is 3. The molecule has 1 fully saturated rings. The summed E-state index contributed by atoms with van der Waals surface area (Å²) in [6, 6.07) is 11.3. The maximum absolute atomic E-state index is 11.9. The molecule has 29 heavy (non-hydrogen) atoms. The fraction of sp³-hybridized carbons (Fsp3) is 0.278. The highest BCUT2D eigenvalue weighted by molar-refractivity contribution is 7.89. The number of hydrogen-bond acceptors (Lipinski definition) is 7. The summed E-state index contributed by atoms with van der Waals surface area (Å²) in [5.74, 6) is -0.0157. The van der Waals surface area contributed by atoms with E-state index in [1.165, 1.54) is 19.2 Å². The number of sulfonamides is 1. The van der Waals surface area contributed by atoms with Gasteiger partial charge in [-0.1, -0.05) is 12.1 Å². The van der Waals surface area contributed by atoms with Crippen LogP contribution >= 0.6 is 0 Å². The van der Waals surface area contributed by atoms with Crippen LogP contribution in [0.25, 0.3) is 0 Å². The van der Waals surface area contributed by atoms with Crippen molar-refractivity contribution in [2.45, 2.75) is 11.4 Å². The third kappa shape index (κ3) is 4.81. The Hall–Kier alpha value is -3.18. The minimum absolute atomic E-state index is 0.0157. The van der Waals surface area contributed by atoms with Gasteiger partial charge in [-0.15, -0.1) is 0 Å². The number of nitro groups is 1. The SMILES string of the molecule is CNS(=O)(=O)c1ccc(NCc2ccc(N3CCNC(=O)C3)cc2)c([N+](=O)[O-])c1. The molecule has 0 spiro atoms. The van der Waals surface area contributed by atoms with Crippen molar-refractivity contribution in [3.8, 4) is 0 Å². The molecule has 10 nitrogen and oxygen atoms in total. The zero-order chi connectivity index (χ0) is 21.0. The quantitative estimate of drug-likeness (QED) is 0.451. The summed E-state index contributed by atoms with van der Waals surface area (Å²) in [6.45, 7) is 1.97. The van der Waals surface area contributed by atoms with E-state index in [4.69, 9.17) is 0 Å². The summed E-state index contributed by atoms with van der Waals surface area (Å²) >= 11 is 0. The molecule has 0 saturated carbocycles. The molecule has 2 aromatic carbocycles. The monoisotopic (exact) mass is 419 g/mol. The van der Waals surface area contributed by atoms with E-state index < -0.39 is 14.9 Å². The molecule has 3 rings (SSSR count). The molecule has 0 radical (unpaired) electrons. The first-order chi connectivity index (χ1) is 13.8.